The molecule has 152 valence electrons. The second-order valence-corrected chi connectivity index (χ2v) is 6.91. The van der Waals surface area contributed by atoms with Crippen molar-refractivity contribution in [2.75, 3.05) is 19.1 Å². The molecule has 0 aromatic heterocycles. The van der Waals surface area contributed by atoms with Crippen molar-refractivity contribution in [1.82, 2.24) is 0 Å². The molecule has 0 spiro atoms. The molecule has 3 rings (SSSR count). The Bertz CT molecular complexity index is 1040. The number of nitrogens with zero attached hydrogens (tertiary/aromatic N) is 2. The topological polar surface area (TPSA) is 62.6 Å². The van der Waals surface area contributed by atoms with Crippen LogP contribution in [0.25, 0.3) is 0 Å². The van der Waals surface area contributed by atoms with E-state index in [2.05, 4.69) is 6.07 Å². The van der Waals surface area contributed by atoms with Crippen LogP contribution in [0.4, 0.5) is 5.69 Å². The van der Waals surface area contributed by atoms with E-state index in [4.69, 9.17) is 9.47 Å². The van der Waals surface area contributed by atoms with Gasteiger partial charge in [-0.25, -0.2) is 0 Å². The predicted molar refractivity (Wildman–Crippen MR) is 117 cm³/mol. The lowest BCUT2D eigenvalue weighted by Gasteiger charge is -2.28. The standard InChI is InChI=1S/C25H24N2O3/c1-18-9-12-21(13-10-18)27(25(28)15-19-7-5-4-6-8-19)22(17-26)20-11-14-23(29-2)24(16-20)30-3/h4-14,16,22H,15H2,1-3H3. The average molecular weight is 400 g/mol. The Morgan fingerprint density at radius 1 is 0.967 bits per heavy atom. The Balaban J connectivity index is 2.04. The van der Waals surface area contributed by atoms with Gasteiger partial charge in [0.15, 0.2) is 11.5 Å². The normalized spacial score (nSPS) is 11.3. The van der Waals surface area contributed by atoms with Crippen LogP contribution in [0, 0.1) is 18.3 Å². The molecule has 0 aliphatic rings. The highest BCUT2D eigenvalue weighted by Crippen LogP contribution is 2.34. The smallest absolute Gasteiger partial charge is 0.232 e. The van der Waals surface area contributed by atoms with Crippen molar-refractivity contribution in [3.05, 3.63) is 89.5 Å². The van der Waals surface area contributed by atoms with Gasteiger partial charge in [-0.3, -0.25) is 9.69 Å². The molecule has 0 saturated carbocycles. The van der Waals surface area contributed by atoms with Crippen LogP contribution in [0.5, 0.6) is 11.5 Å². The number of aryl methyl sites for hydroxylation is 1. The number of hydrogen-bond acceptors (Lipinski definition) is 4. The van der Waals surface area contributed by atoms with E-state index in [-0.39, 0.29) is 12.3 Å². The molecule has 0 saturated heterocycles. The number of amides is 1. The van der Waals surface area contributed by atoms with E-state index in [0.717, 1.165) is 11.1 Å². The minimum atomic E-state index is -0.816. The first kappa shape index (κ1) is 20.9. The molecule has 5 nitrogen and oxygen atoms in total. The number of hydrogen-bond donors (Lipinski definition) is 0. The zero-order chi connectivity index (χ0) is 21.5. The summed E-state index contributed by atoms with van der Waals surface area (Å²) in [6.07, 6.45) is 0.195. The molecule has 0 aliphatic carbocycles. The molecule has 0 aliphatic heterocycles. The van der Waals surface area contributed by atoms with Crippen molar-refractivity contribution in [2.24, 2.45) is 0 Å². The van der Waals surface area contributed by atoms with E-state index >= 15 is 0 Å². The lowest BCUT2D eigenvalue weighted by Crippen LogP contribution is -2.35. The summed E-state index contributed by atoms with van der Waals surface area (Å²) in [7, 11) is 3.10. The van der Waals surface area contributed by atoms with Gasteiger partial charge in [-0.2, -0.15) is 5.26 Å². The molecule has 30 heavy (non-hydrogen) atoms. The Kier molecular flexibility index (Phi) is 6.71. The van der Waals surface area contributed by atoms with Crippen molar-refractivity contribution >= 4 is 11.6 Å². The lowest BCUT2D eigenvalue weighted by molar-refractivity contribution is -0.118. The maximum Gasteiger partial charge on any atom is 0.232 e. The third-order valence-corrected chi connectivity index (χ3v) is 4.88. The lowest BCUT2D eigenvalue weighted by atomic mass is 10.0. The SMILES string of the molecule is COc1ccc(C(C#N)N(C(=O)Cc2ccccc2)c2ccc(C)cc2)cc1OC. The van der Waals surface area contributed by atoms with Crippen LogP contribution < -0.4 is 14.4 Å². The number of nitriles is 1. The Morgan fingerprint density at radius 3 is 2.23 bits per heavy atom. The first-order valence-electron chi connectivity index (χ1n) is 9.61. The molecule has 0 bridgehead atoms. The first-order chi connectivity index (χ1) is 14.6. The molecule has 1 amide bonds. The number of ether oxygens (including phenoxy) is 2. The second-order valence-electron chi connectivity index (χ2n) is 6.91. The fourth-order valence-corrected chi connectivity index (χ4v) is 3.30. The van der Waals surface area contributed by atoms with Crippen molar-refractivity contribution < 1.29 is 14.3 Å². The summed E-state index contributed by atoms with van der Waals surface area (Å²) in [6.45, 7) is 1.98. The van der Waals surface area contributed by atoms with E-state index in [1.807, 2.05) is 61.5 Å². The molecule has 5 heteroatoms. The van der Waals surface area contributed by atoms with Gasteiger partial charge in [-0.1, -0.05) is 54.1 Å². The largest absolute Gasteiger partial charge is 0.493 e. The number of methoxy groups -OCH3 is 2. The number of benzene rings is 3. The average Bonchev–Trinajstić information content (AvgIpc) is 2.78. The van der Waals surface area contributed by atoms with Crippen LogP contribution in [0.2, 0.25) is 0 Å². The van der Waals surface area contributed by atoms with Gasteiger partial charge in [0.05, 0.1) is 26.7 Å². The van der Waals surface area contributed by atoms with Crippen LogP contribution in [0.1, 0.15) is 22.7 Å². The zero-order valence-electron chi connectivity index (χ0n) is 17.3. The number of carbonyl (C=O) groups excluding carboxylic acids is 1. The quantitative estimate of drug-likeness (QED) is 0.569. The highest BCUT2D eigenvalue weighted by Gasteiger charge is 2.27. The molecule has 3 aromatic rings. The Morgan fingerprint density at radius 2 is 1.63 bits per heavy atom. The summed E-state index contributed by atoms with van der Waals surface area (Å²) >= 11 is 0. The van der Waals surface area contributed by atoms with E-state index in [1.165, 1.54) is 0 Å². The maximum absolute atomic E-state index is 13.4. The summed E-state index contributed by atoms with van der Waals surface area (Å²) < 4.78 is 10.7. The van der Waals surface area contributed by atoms with Gasteiger partial charge in [-0.05, 0) is 42.3 Å². The van der Waals surface area contributed by atoms with Crippen LogP contribution in [0.15, 0.2) is 72.8 Å². The summed E-state index contributed by atoms with van der Waals surface area (Å²) in [6, 6.07) is 23.9. The highest BCUT2D eigenvalue weighted by atomic mass is 16.5. The summed E-state index contributed by atoms with van der Waals surface area (Å²) in [5.74, 6) is 0.913. The molecule has 0 radical (unpaired) electrons. The van der Waals surface area contributed by atoms with Gasteiger partial charge >= 0.3 is 0 Å². The monoisotopic (exact) mass is 400 g/mol. The van der Waals surface area contributed by atoms with Crippen molar-refractivity contribution in [3.63, 3.8) is 0 Å². The predicted octanol–water partition coefficient (Wildman–Crippen LogP) is 4.85. The number of anilines is 1. The van der Waals surface area contributed by atoms with Crippen LogP contribution >= 0.6 is 0 Å². The third-order valence-electron chi connectivity index (χ3n) is 4.88. The molecule has 0 heterocycles. The van der Waals surface area contributed by atoms with Gasteiger partial charge in [0.1, 0.15) is 6.04 Å². The fraction of sp³-hybridized carbons (Fsp3) is 0.200. The number of carbonyl (C=O) groups is 1. The van der Waals surface area contributed by atoms with E-state index in [9.17, 15) is 10.1 Å². The molecule has 3 aromatic carbocycles. The van der Waals surface area contributed by atoms with E-state index in [0.29, 0.717) is 22.7 Å². The molecule has 1 atom stereocenters. The second kappa shape index (κ2) is 9.62. The molecule has 0 N–H and O–H groups in total. The molecule has 0 fully saturated rings. The van der Waals surface area contributed by atoms with Crippen LogP contribution in [0.3, 0.4) is 0 Å². The van der Waals surface area contributed by atoms with Gasteiger partial charge in [-0.15, -0.1) is 0 Å². The first-order valence-corrected chi connectivity index (χ1v) is 9.61. The zero-order valence-corrected chi connectivity index (χ0v) is 17.3. The highest BCUT2D eigenvalue weighted by molar-refractivity contribution is 5.96. The van der Waals surface area contributed by atoms with Crippen molar-refractivity contribution in [1.29, 1.82) is 5.26 Å². The molecular weight excluding hydrogens is 376 g/mol. The molecule has 1 unspecified atom stereocenters. The van der Waals surface area contributed by atoms with E-state index in [1.54, 1.807) is 37.3 Å². The third kappa shape index (κ3) is 4.61. The maximum atomic E-state index is 13.4. The van der Waals surface area contributed by atoms with Crippen LogP contribution in [-0.2, 0) is 11.2 Å². The minimum absolute atomic E-state index is 0.161. The molecular formula is C25H24N2O3. The Labute approximate surface area is 177 Å². The van der Waals surface area contributed by atoms with Gasteiger partial charge < -0.3 is 9.47 Å². The summed E-state index contributed by atoms with van der Waals surface area (Å²) in [4.78, 5) is 14.9. The van der Waals surface area contributed by atoms with Crippen LogP contribution in [-0.4, -0.2) is 20.1 Å². The Hall–Kier alpha value is -3.78. The summed E-state index contributed by atoms with van der Waals surface area (Å²) in [5, 5.41) is 10.1. The fourth-order valence-electron chi connectivity index (χ4n) is 3.30. The van der Waals surface area contributed by atoms with Crippen molar-refractivity contribution in [3.8, 4) is 17.6 Å². The number of rotatable bonds is 7. The van der Waals surface area contributed by atoms with Gasteiger partial charge in [0, 0.05) is 5.69 Å². The van der Waals surface area contributed by atoms with Gasteiger partial charge in [0.25, 0.3) is 0 Å². The van der Waals surface area contributed by atoms with Crippen molar-refractivity contribution in [2.45, 2.75) is 19.4 Å². The van der Waals surface area contributed by atoms with Gasteiger partial charge in [0.2, 0.25) is 5.91 Å². The summed E-state index contributed by atoms with van der Waals surface area (Å²) in [5.41, 5.74) is 3.29. The van der Waals surface area contributed by atoms with E-state index < -0.39 is 6.04 Å². The minimum Gasteiger partial charge on any atom is -0.493 e.